The van der Waals surface area contributed by atoms with Gasteiger partial charge in [0.05, 0.1) is 13.3 Å². The molecule has 0 spiro atoms. The minimum atomic E-state index is -1.50. The summed E-state index contributed by atoms with van der Waals surface area (Å²) < 4.78 is 0. The number of rotatable bonds is 10. The van der Waals surface area contributed by atoms with Gasteiger partial charge in [0.1, 0.15) is 0 Å². The van der Waals surface area contributed by atoms with E-state index in [0.29, 0.717) is 0 Å². The third-order valence-electron chi connectivity index (χ3n) is 2.41. The van der Waals surface area contributed by atoms with Gasteiger partial charge >= 0.3 is 56.4 Å². The molecule has 0 radical (unpaired) electrons. The fourth-order valence-corrected chi connectivity index (χ4v) is 1.35. The molecule has 0 aromatic heterocycles. The van der Waals surface area contributed by atoms with E-state index in [-0.39, 0.29) is 58.0 Å². The van der Waals surface area contributed by atoms with Gasteiger partial charge in [0.25, 0.3) is 5.09 Å². The predicted octanol–water partition coefficient (Wildman–Crippen LogP) is 4.50. The Labute approximate surface area is 235 Å². The Morgan fingerprint density at radius 2 is 1.10 bits per heavy atom. The van der Waals surface area contributed by atoms with Crippen molar-refractivity contribution in [1.82, 2.24) is 36.9 Å². The molecule has 12 nitrogen and oxygen atoms in total. The first kappa shape index (κ1) is 76.8. The Bertz CT molecular complexity index is 178. The van der Waals surface area contributed by atoms with Crippen LogP contribution in [-0.4, -0.2) is 23.4 Å². The maximum absolute atomic E-state index is 8.36. The summed E-state index contributed by atoms with van der Waals surface area (Å²) >= 11 is 3.33. The van der Waals surface area contributed by atoms with Crippen LogP contribution in [0.15, 0.2) is 0 Å². The Kier molecular flexibility index (Phi) is 267. The normalized spacial score (nSPS) is 6.23. The van der Waals surface area contributed by atoms with Crippen LogP contribution in [0.4, 0.5) is 0 Å². The van der Waals surface area contributed by atoms with Crippen molar-refractivity contribution in [3.05, 3.63) is 24.0 Å². The zero-order valence-electron chi connectivity index (χ0n) is 18.7. The van der Waals surface area contributed by atoms with Crippen LogP contribution in [0.3, 0.4) is 0 Å². The Hall–Kier alpha value is 1.39. The van der Waals surface area contributed by atoms with Crippen LogP contribution < -0.4 is 48.4 Å². The van der Waals surface area contributed by atoms with Gasteiger partial charge in [0, 0.05) is 21.1 Å². The van der Waals surface area contributed by atoms with Crippen molar-refractivity contribution in [3.8, 4) is 0 Å². The monoisotopic (exact) mass is 1050 g/mol. The van der Waals surface area contributed by atoms with Crippen molar-refractivity contribution in [2.75, 3.05) is 13.1 Å². The van der Waals surface area contributed by atoms with Gasteiger partial charge in [0.15, 0.2) is 0 Å². The first-order valence-electron chi connectivity index (χ1n) is 7.63. The van der Waals surface area contributed by atoms with Crippen LogP contribution in [0.1, 0.15) is 64.2 Å². The zero-order chi connectivity index (χ0) is 20.1. The molecule has 0 unspecified atom stereocenters. The number of nitrogens with two attached hydrogens (primary N) is 2. The molecule has 0 fully saturated rings. The maximum atomic E-state index is 8.36. The Morgan fingerprint density at radius 1 is 0.871 bits per heavy atom. The van der Waals surface area contributed by atoms with E-state index in [4.69, 9.17) is 26.8 Å². The molecule has 0 rings (SSSR count). The van der Waals surface area contributed by atoms with Gasteiger partial charge in [-0.15, -0.1) is 10.1 Å². The third kappa shape index (κ3) is 209. The predicted molar refractivity (Wildman–Crippen MR) is 121 cm³/mol. The molecule has 0 aromatic carbocycles. The van der Waals surface area contributed by atoms with Crippen LogP contribution in [0, 0.1) is 33.4 Å². The number of hydrogen-bond donors (Lipinski definition) is 9. The minimum absolute atomic E-state index is 0. The van der Waals surface area contributed by atoms with Crippen molar-refractivity contribution in [3.63, 3.8) is 0 Å². The molecule has 0 aliphatic heterocycles. The molecule has 0 aliphatic carbocycles. The number of nitrogens with zero attached hydrogens (tertiary/aromatic N) is 1. The summed E-state index contributed by atoms with van der Waals surface area (Å²) in [6.45, 7) is 9.19. The Morgan fingerprint density at radius 3 is 1.29 bits per heavy atom. The fourth-order valence-electron chi connectivity index (χ4n) is 1.35. The second-order valence-corrected chi connectivity index (χ2v) is 4.35. The zero-order valence-corrected chi connectivity index (χ0v) is 27.1. The molecule has 0 saturated carbocycles. The summed E-state index contributed by atoms with van der Waals surface area (Å²) in [6, 6.07) is 0. The average Bonchev–Trinajstić information content (AvgIpc) is 2.59. The second-order valence-electron chi connectivity index (χ2n) is 4.35. The van der Waals surface area contributed by atoms with Crippen molar-refractivity contribution in [2.45, 2.75) is 64.2 Å². The molecule has 0 atom stereocenters. The standard InChI is InChI=1S/2C7H16N.2ClH.HNO3.6H3N.3Pt/c2*1-2-3-4-5-6-7-8;;;2-1(3)4;;;;;;;;;/h2*1-8H2;2*1H;(H,2,3,4);6*1H3;;;/q-1;+1;;;;;;;;;;;+1;+2/p-1. The molecule has 31 heavy (non-hydrogen) atoms. The first-order chi connectivity index (χ1) is 11.6. The van der Waals surface area contributed by atoms with Crippen LogP contribution >= 0.6 is 9.42 Å². The molecule has 0 heterocycles. The first-order valence-corrected chi connectivity index (χ1v) is 13.5. The van der Waals surface area contributed by atoms with E-state index in [1.54, 1.807) is 37.5 Å². The summed E-state index contributed by atoms with van der Waals surface area (Å²) in [5.74, 6) is 0. The smallest absolute Gasteiger partial charge is 0 e. The molecular weight excluding hydrogens is 998 g/mol. The molecule has 0 bridgehead atoms. The van der Waals surface area contributed by atoms with Gasteiger partial charge in [-0.05, 0) is 38.8 Å². The average molecular weight is 1050 g/mol. The van der Waals surface area contributed by atoms with E-state index >= 15 is 0 Å². The van der Waals surface area contributed by atoms with E-state index in [1.807, 2.05) is 0 Å². The van der Waals surface area contributed by atoms with Gasteiger partial charge in [-0.25, -0.2) is 0 Å². The molecule has 0 saturated heterocycles. The summed E-state index contributed by atoms with van der Waals surface area (Å²) in [7, 11) is 8.67. The maximum Gasteiger partial charge on any atom is 0 e. The largest absolute Gasteiger partial charge is 0 e. The summed E-state index contributed by atoms with van der Waals surface area (Å²) in [4.78, 5) is 8.36. The van der Waals surface area contributed by atoms with Crippen molar-refractivity contribution < 1.29 is 78.3 Å². The molecule has 0 amide bonds. The summed E-state index contributed by atoms with van der Waals surface area (Å²) in [5, 5.41) is 13.6. The minimum Gasteiger partial charge on any atom is 0 e. The number of hydrogen-bond acceptors (Lipinski definition) is 10. The van der Waals surface area contributed by atoms with Crippen LogP contribution in [0.5, 0.6) is 0 Å². The van der Waals surface area contributed by atoms with Gasteiger partial charge < -0.3 is 60.5 Å². The van der Waals surface area contributed by atoms with Gasteiger partial charge in [-0.2, -0.15) is 6.42 Å². The van der Waals surface area contributed by atoms with Crippen molar-refractivity contribution in [1.29, 1.82) is 0 Å². The summed E-state index contributed by atoms with van der Waals surface area (Å²) in [6.07, 6.45) is 12.2. The molecule has 17 heteroatoms. The molecule has 213 valence electrons. The molecule has 0 aliphatic rings. The van der Waals surface area contributed by atoms with E-state index < -0.39 is 5.09 Å². The SMILES string of the molecule is N.N.N.N.N.N.O=[N+]([O-])O.[CH2+]CCCCCCN.[CH2-]CCCCCCN.[ClH+][Pt].[Cl][Pt+].[Pt]. The Balaban J connectivity index is -0.0000000150. The second kappa shape index (κ2) is 108. The van der Waals surface area contributed by atoms with E-state index in [9.17, 15) is 0 Å². The van der Waals surface area contributed by atoms with Gasteiger partial charge in [-0.3, -0.25) is 0 Å². The van der Waals surface area contributed by atoms with Crippen LogP contribution in [0.25, 0.3) is 0 Å². The van der Waals surface area contributed by atoms with E-state index in [2.05, 4.69) is 32.7 Å². The summed E-state index contributed by atoms with van der Waals surface area (Å²) in [5.41, 5.74) is 10.6. The van der Waals surface area contributed by atoms with E-state index in [1.165, 1.54) is 51.4 Å². The van der Waals surface area contributed by atoms with Crippen molar-refractivity contribution in [2.24, 2.45) is 11.5 Å². The van der Waals surface area contributed by atoms with Crippen molar-refractivity contribution >= 4 is 9.42 Å². The number of unbranched alkanes of at least 4 members (excludes halogenated alkanes) is 8. The molecule has 23 N–H and O–H groups in total. The topological polar surface area (TPSA) is 325 Å². The number of halogens is 2. The third-order valence-corrected chi connectivity index (χ3v) is 2.41. The molecular formula is C14H52Cl2N9O3Pt3+2. The van der Waals surface area contributed by atoms with Gasteiger partial charge in [0.2, 0.25) is 0 Å². The van der Waals surface area contributed by atoms with Gasteiger partial charge in [-0.1, -0.05) is 25.7 Å². The fraction of sp³-hybridized carbons (Fsp3) is 0.857. The van der Waals surface area contributed by atoms with Crippen LogP contribution in [-0.2, 0) is 58.6 Å². The van der Waals surface area contributed by atoms with E-state index in [0.717, 1.165) is 25.9 Å². The molecule has 0 aromatic rings. The quantitative estimate of drug-likeness (QED) is 0.0635. The van der Waals surface area contributed by atoms with Crippen LogP contribution in [0.2, 0.25) is 0 Å².